The highest BCUT2D eigenvalue weighted by molar-refractivity contribution is 6.37. The molecule has 0 saturated carbocycles. The van der Waals surface area contributed by atoms with Gasteiger partial charge in [-0.15, -0.1) is 0 Å². The quantitative estimate of drug-likeness (QED) is 0.196. The second kappa shape index (κ2) is 10.9. The molecule has 7 nitrogen and oxygen atoms in total. The van der Waals surface area contributed by atoms with Gasteiger partial charge in [0.05, 0.1) is 22.7 Å². The molecule has 3 aliphatic rings. The first kappa shape index (κ1) is 28.8. The smallest absolute Gasteiger partial charge is 0.319 e. The van der Waals surface area contributed by atoms with E-state index < -0.39 is 29.2 Å². The number of carbonyl (C=O) groups excluding carboxylic acids is 1. The predicted octanol–water partition coefficient (Wildman–Crippen LogP) is 5.92. The molecule has 0 N–H and O–H groups in total. The van der Waals surface area contributed by atoms with Crippen LogP contribution in [0.2, 0.25) is 5.02 Å². The summed E-state index contributed by atoms with van der Waals surface area (Å²) in [5.41, 5.74) is -0.520. The van der Waals surface area contributed by atoms with Gasteiger partial charge in [0.1, 0.15) is 35.7 Å². The normalized spacial score (nSPS) is 23.3. The Kier molecular flexibility index (Phi) is 7.12. The standard InChI is InChI=1S/C32H28ClF4N5O2/c1-3-25(43)41-10-9-23-24(41)14-42(23)31-20-12-22(36)27(19-6-4-5-16-7-8-21(35)28(33)26(16)19)29(37)30(20)38-32(39-31)44-15-18-11-17(34)13-40(18)2/h3-8,12,17-18,23-24H,1,9-11,13-15H2,2H3/t17-,18+,23?,24-/m1/s1. The third-order valence-corrected chi connectivity index (χ3v) is 9.48. The number of carbonyl (C=O) groups is 1. The number of likely N-dealkylation sites (N-methyl/N-ethyl adjacent to an activating group) is 1. The highest BCUT2D eigenvalue weighted by Gasteiger charge is 2.49. The van der Waals surface area contributed by atoms with Crippen LogP contribution in [-0.4, -0.2) is 83.3 Å². The summed E-state index contributed by atoms with van der Waals surface area (Å²) in [5.74, 6) is -2.49. The summed E-state index contributed by atoms with van der Waals surface area (Å²) < 4.78 is 67.0. The van der Waals surface area contributed by atoms with Crippen molar-refractivity contribution in [2.75, 3.05) is 38.2 Å². The number of aromatic nitrogens is 2. The number of alkyl halides is 1. The Morgan fingerprint density at radius 2 is 1.95 bits per heavy atom. The van der Waals surface area contributed by atoms with Crippen LogP contribution in [0.4, 0.5) is 23.4 Å². The van der Waals surface area contributed by atoms with Gasteiger partial charge >= 0.3 is 6.01 Å². The lowest BCUT2D eigenvalue weighted by Gasteiger charge is -2.47. The third kappa shape index (κ3) is 4.56. The zero-order chi connectivity index (χ0) is 30.9. The molecule has 3 aromatic carbocycles. The average Bonchev–Trinajstić information content (AvgIpc) is 3.50. The lowest BCUT2D eigenvalue weighted by atomic mass is 9.94. The Morgan fingerprint density at radius 1 is 1.14 bits per heavy atom. The number of likely N-dealkylation sites (tertiary alicyclic amines) is 2. The summed E-state index contributed by atoms with van der Waals surface area (Å²) >= 11 is 6.31. The van der Waals surface area contributed by atoms with Gasteiger partial charge in [-0.3, -0.25) is 9.69 Å². The number of benzene rings is 3. The molecule has 0 radical (unpaired) electrons. The molecule has 228 valence electrons. The van der Waals surface area contributed by atoms with E-state index in [2.05, 4.69) is 16.5 Å². The van der Waals surface area contributed by atoms with Crippen LogP contribution in [0.25, 0.3) is 32.8 Å². The van der Waals surface area contributed by atoms with Crippen molar-refractivity contribution in [1.29, 1.82) is 0 Å². The first-order valence-corrected chi connectivity index (χ1v) is 14.8. The van der Waals surface area contributed by atoms with Gasteiger partial charge in [0.15, 0.2) is 5.82 Å². The molecule has 0 bridgehead atoms. The van der Waals surface area contributed by atoms with Crippen molar-refractivity contribution < 1.29 is 27.1 Å². The molecule has 7 rings (SSSR count). The molecule has 3 fully saturated rings. The van der Waals surface area contributed by atoms with Gasteiger partial charge in [0.2, 0.25) is 5.91 Å². The summed E-state index contributed by atoms with van der Waals surface area (Å²) in [4.78, 5) is 26.8. The molecule has 3 aliphatic heterocycles. The van der Waals surface area contributed by atoms with Crippen molar-refractivity contribution in [1.82, 2.24) is 19.8 Å². The van der Waals surface area contributed by atoms with E-state index in [1.807, 2.05) is 9.80 Å². The van der Waals surface area contributed by atoms with Crippen LogP contribution in [0.3, 0.4) is 0 Å². The van der Waals surface area contributed by atoms with Gasteiger partial charge in [-0.2, -0.15) is 9.97 Å². The molecule has 0 aliphatic carbocycles. The number of ether oxygens (including phenoxy) is 1. The van der Waals surface area contributed by atoms with E-state index >= 15 is 8.78 Å². The second-order valence-electron chi connectivity index (χ2n) is 11.6. The van der Waals surface area contributed by atoms with Crippen LogP contribution in [0, 0.1) is 17.5 Å². The van der Waals surface area contributed by atoms with E-state index in [0.717, 1.165) is 0 Å². The van der Waals surface area contributed by atoms with Crippen molar-refractivity contribution in [2.45, 2.75) is 37.1 Å². The average molecular weight is 626 g/mol. The molecule has 0 spiro atoms. The number of halogens is 5. The maximum absolute atomic E-state index is 16.6. The van der Waals surface area contributed by atoms with E-state index in [9.17, 15) is 13.6 Å². The van der Waals surface area contributed by atoms with Crippen molar-refractivity contribution in [3.8, 4) is 17.1 Å². The van der Waals surface area contributed by atoms with Crippen LogP contribution in [0.1, 0.15) is 12.8 Å². The first-order chi connectivity index (χ1) is 21.2. The van der Waals surface area contributed by atoms with E-state index in [-0.39, 0.29) is 82.3 Å². The van der Waals surface area contributed by atoms with E-state index in [1.54, 1.807) is 24.1 Å². The van der Waals surface area contributed by atoms with Crippen molar-refractivity contribution >= 4 is 45.0 Å². The molecule has 1 unspecified atom stereocenters. The molecule has 3 saturated heterocycles. The number of nitrogens with zero attached hydrogens (tertiary/aromatic N) is 5. The number of amides is 1. The second-order valence-corrected chi connectivity index (χ2v) is 12.0. The molecule has 44 heavy (non-hydrogen) atoms. The molecule has 1 aromatic heterocycles. The van der Waals surface area contributed by atoms with Gasteiger partial charge in [-0.1, -0.05) is 42.4 Å². The summed E-state index contributed by atoms with van der Waals surface area (Å²) in [6, 6.07) is 8.06. The summed E-state index contributed by atoms with van der Waals surface area (Å²) in [5, 5.41) is 0.564. The topological polar surface area (TPSA) is 61.8 Å². The molecule has 12 heteroatoms. The largest absolute Gasteiger partial charge is 0.462 e. The van der Waals surface area contributed by atoms with Crippen molar-refractivity contribution in [2.24, 2.45) is 0 Å². The number of anilines is 1. The SMILES string of the molecule is C=CC(=O)N1CCC2[C@H]1CN2c1nc(OC[C@@H]2C[C@@H](F)CN2C)nc2c(F)c(-c3cccc4ccc(F)c(Cl)c34)c(F)cc12. The molecular formula is C32H28ClF4N5O2. The molecule has 1 amide bonds. The summed E-state index contributed by atoms with van der Waals surface area (Å²) in [6.45, 7) is 4.85. The third-order valence-electron chi connectivity index (χ3n) is 9.11. The predicted molar refractivity (Wildman–Crippen MR) is 160 cm³/mol. The molecular weight excluding hydrogens is 598 g/mol. The Balaban J connectivity index is 1.36. The van der Waals surface area contributed by atoms with Gasteiger partial charge in [-0.05, 0) is 49.0 Å². The van der Waals surface area contributed by atoms with Gasteiger partial charge < -0.3 is 14.5 Å². The van der Waals surface area contributed by atoms with Gasteiger partial charge in [0, 0.05) is 36.4 Å². The molecule has 4 atom stereocenters. The lowest BCUT2D eigenvalue weighted by Crippen LogP contribution is -2.63. The van der Waals surface area contributed by atoms with Crippen LogP contribution in [0.15, 0.2) is 49.1 Å². The Hall–Kier alpha value is -3.96. The monoisotopic (exact) mass is 625 g/mol. The minimum absolute atomic E-state index is 0.0728. The minimum atomic E-state index is -0.983. The Labute approximate surface area is 255 Å². The zero-order valence-corrected chi connectivity index (χ0v) is 24.5. The van der Waals surface area contributed by atoms with Crippen LogP contribution >= 0.6 is 11.6 Å². The number of rotatable bonds is 6. The lowest BCUT2D eigenvalue weighted by molar-refractivity contribution is -0.127. The summed E-state index contributed by atoms with van der Waals surface area (Å²) in [7, 11) is 1.80. The molecule has 4 aromatic rings. The highest BCUT2D eigenvalue weighted by atomic mass is 35.5. The number of hydrogen-bond donors (Lipinski definition) is 0. The molecule has 4 heterocycles. The van der Waals surface area contributed by atoms with Crippen LogP contribution in [0.5, 0.6) is 6.01 Å². The van der Waals surface area contributed by atoms with Crippen molar-refractivity contribution in [3.63, 3.8) is 0 Å². The minimum Gasteiger partial charge on any atom is -0.462 e. The fraction of sp³-hybridized carbons (Fsp3) is 0.344. The van der Waals surface area contributed by atoms with E-state index in [1.165, 1.54) is 30.3 Å². The van der Waals surface area contributed by atoms with Gasteiger partial charge in [-0.25, -0.2) is 17.6 Å². The fourth-order valence-electron chi connectivity index (χ4n) is 6.84. The van der Waals surface area contributed by atoms with E-state index in [4.69, 9.17) is 16.3 Å². The number of fused-ring (bicyclic) bond motifs is 3. The van der Waals surface area contributed by atoms with Crippen LogP contribution < -0.4 is 9.64 Å². The first-order valence-electron chi connectivity index (χ1n) is 14.4. The van der Waals surface area contributed by atoms with Gasteiger partial charge in [0.25, 0.3) is 0 Å². The van der Waals surface area contributed by atoms with E-state index in [0.29, 0.717) is 24.9 Å². The summed E-state index contributed by atoms with van der Waals surface area (Å²) in [6.07, 6.45) is 1.21. The number of hydrogen-bond acceptors (Lipinski definition) is 6. The maximum Gasteiger partial charge on any atom is 0.319 e. The fourth-order valence-corrected chi connectivity index (χ4v) is 7.11. The Bertz CT molecular complexity index is 1840. The van der Waals surface area contributed by atoms with Crippen LogP contribution in [-0.2, 0) is 4.79 Å². The Morgan fingerprint density at radius 3 is 2.70 bits per heavy atom. The zero-order valence-electron chi connectivity index (χ0n) is 23.7. The van der Waals surface area contributed by atoms with Crippen molar-refractivity contribution in [3.05, 3.63) is 71.5 Å². The maximum atomic E-state index is 16.6. The highest BCUT2D eigenvalue weighted by Crippen LogP contribution is 2.43.